The van der Waals surface area contributed by atoms with Crippen LogP contribution in [0.2, 0.25) is 0 Å². The number of rotatable bonds is 8. The van der Waals surface area contributed by atoms with E-state index < -0.39 is 0 Å². The van der Waals surface area contributed by atoms with Crippen LogP contribution in [-0.2, 0) is 4.79 Å². The van der Waals surface area contributed by atoms with E-state index >= 15 is 0 Å². The van der Waals surface area contributed by atoms with Crippen LogP contribution in [-0.4, -0.2) is 33.4 Å². The Morgan fingerprint density at radius 2 is 1.79 bits per heavy atom. The van der Waals surface area contributed by atoms with Crippen molar-refractivity contribution in [2.75, 3.05) is 6.61 Å². The Bertz CT molecular complexity index is 1160. The molecule has 1 heterocycles. The highest BCUT2D eigenvalue weighted by molar-refractivity contribution is 9.10. The molecule has 0 aliphatic heterocycles. The highest BCUT2D eigenvalue weighted by Gasteiger charge is 2.29. The summed E-state index contributed by atoms with van der Waals surface area (Å²) in [5, 5.41) is 14.2. The molecule has 2 unspecified atom stereocenters. The summed E-state index contributed by atoms with van der Waals surface area (Å²) in [6.07, 6.45) is 3.35. The first-order chi connectivity index (χ1) is 16.4. The highest BCUT2D eigenvalue weighted by atomic mass is 79.9. The Balaban J connectivity index is 1.35. The molecule has 2 amide bonds. The second kappa shape index (κ2) is 10.8. The van der Waals surface area contributed by atoms with E-state index in [1.807, 2.05) is 62.4 Å². The summed E-state index contributed by atoms with van der Waals surface area (Å²) in [5.74, 6) is 0.402. The molecule has 8 nitrogen and oxygen atoms in total. The van der Waals surface area contributed by atoms with Crippen LogP contribution >= 0.6 is 15.9 Å². The van der Waals surface area contributed by atoms with Crippen LogP contribution in [0.25, 0.3) is 0 Å². The van der Waals surface area contributed by atoms with Crippen LogP contribution in [0.4, 0.5) is 0 Å². The Morgan fingerprint density at radius 3 is 2.44 bits per heavy atom. The minimum Gasteiger partial charge on any atom is -0.493 e. The van der Waals surface area contributed by atoms with Gasteiger partial charge in [-0.1, -0.05) is 51.5 Å². The van der Waals surface area contributed by atoms with Crippen molar-refractivity contribution < 1.29 is 14.3 Å². The predicted molar refractivity (Wildman–Crippen MR) is 131 cm³/mol. The fraction of sp³-hybridized carbons (Fsp3) is 0.360. The van der Waals surface area contributed by atoms with E-state index in [-0.39, 0.29) is 36.4 Å². The van der Waals surface area contributed by atoms with Crippen LogP contribution in [0.1, 0.15) is 72.9 Å². The number of halogens is 1. The largest absolute Gasteiger partial charge is 0.493 e. The molecule has 2 atom stereocenters. The van der Waals surface area contributed by atoms with Gasteiger partial charge >= 0.3 is 0 Å². The zero-order valence-electron chi connectivity index (χ0n) is 19.2. The van der Waals surface area contributed by atoms with E-state index in [1.165, 1.54) is 0 Å². The SMILES string of the molecule is CC(C)n1cc(C(=O)NC2CCC(NC(=O)CCOc3cccc(Br)c3)c3ccccc32)nn1. The van der Waals surface area contributed by atoms with Crippen molar-refractivity contribution in [1.29, 1.82) is 0 Å². The van der Waals surface area contributed by atoms with Crippen molar-refractivity contribution in [2.24, 2.45) is 0 Å². The third kappa shape index (κ3) is 5.83. The minimum absolute atomic E-state index is 0.0671. The number of hydrogen-bond acceptors (Lipinski definition) is 5. The molecular weight excluding hydrogens is 498 g/mol. The van der Waals surface area contributed by atoms with Crippen LogP contribution in [0.5, 0.6) is 5.75 Å². The van der Waals surface area contributed by atoms with Gasteiger partial charge in [0.05, 0.1) is 31.3 Å². The molecule has 1 aliphatic carbocycles. The van der Waals surface area contributed by atoms with Gasteiger partial charge in [0, 0.05) is 10.5 Å². The molecule has 2 aromatic carbocycles. The lowest BCUT2D eigenvalue weighted by Crippen LogP contribution is -2.37. The summed E-state index contributed by atoms with van der Waals surface area (Å²) in [7, 11) is 0. The molecule has 0 fully saturated rings. The molecule has 3 aromatic rings. The number of fused-ring (bicyclic) bond motifs is 1. The van der Waals surface area contributed by atoms with Crippen molar-refractivity contribution in [1.82, 2.24) is 25.6 Å². The molecule has 178 valence electrons. The van der Waals surface area contributed by atoms with Crippen LogP contribution in [0.3, 0.4) is 0 Å². The van der Waals surface area contributed by atoms with E-state index in [4.69, 9.17) is 4.74 Å². The average Bonchev–Trinajstić information content (AvgIpc) is 3.32. The number of nitrogens with one attached hydrogen (secondary N) is 2. The summed E-state index contributed by atoms with van der Waals surface area (Å²) < 4.78 is 8.28. The lowest BCUT2D eigenvalue weighted by atomic mass is 9.84. The van der Waals surface area contributed by atoms with Gasteiger partial charge in [-0.25, -0.2) is 4.68 Å². The van der Waals surface area contributed by atoms with Crippen LogP contribution in [0.15, 0.2) is 59.2 Å². The van der Waals surface area contributed by atoms with Gasteiger partial charge in [-0.15, -0.1) is 5.10 Å². The maximum Gasteiger partial charge on any atom is 0.273 e. The lowest BCUT2D eigenvalue weighted by molar-refractivity contribution is -0.122. The first-order valence-corrected chi connectivity index (χ1v) is 12.2. The van der Waals surface area contributed by atoms with Crippen molar-refractivity contribution >= 4 is 27.7 Å². The lowest BCUT2D eigenvalue weighted by Gasteiger charge is -2.32. The molecule has 0 spiro atoms. The standard InChI is InChI=1S/C25H28BrN5O3/c1-16(2)31-15-23(29-30-31)25(33)28-22-11-10-21(19-8-3-4-9-20(19)22)27-24(32)12-13-34-18-7-5-6-17(26)14-18/h3-9,14-16,21-22H,10-13H2,1-2H3,(H,27,32)(H,28,33). The predicted octanol–water partition coefficient (Wildman–Crippen LogP) is 4.51. The average molecular weight is 526 g/mol. The summed E-state index contributed by atoms with van der Waals surface area (Å²) in [6.45, 7) is 4.26. The van der Waals surface area contributed by atoms with E-state index in [0.717, 1.165) is 27.8 Å². The summed E-state index contributed by atoms with van der Waals surface area (Å²) >= 11 is 3.41. The molecule has 0 bridgehead atoms. The molecule has 0 saturated carbocycles. The third-order valence-electron chi connectivity index (χ3n) is 5.80. The van der Waals surface area contributed by atoms with Gasteiger partial charge in [0.2, 0.25) is 5.91 Å². The fourth-order valence-electron chi connectivity index (χ4n) is 4.04. The number of hydrogen-bond donors (Lipinski definition) is 2. The van der Waals surface area contributed by atoms with E-state index in [9.17, 15) is 9.59 Å². The zero-order valence-corrected chi connectivity index (χ0v) is 20.8. The number of ether oxygens (including phenoxy) is 1. The first-order valence-electron chi connectivity index (χ1n) is 11.4. The summed E-state index contributed by atoms with van der Waals surface area (Å²) in [4.78, 5) is 25.4. The van der Waals surface area contributed by atoms with E-state index in [1.54, 1.807) is 10.9 Å². The Hall–Kier alpha value is -3.20. The van der Waals surface area contributed by atoms with Crippen molar-refractivity contribution in [3.63, 3.8) is 0 Å². The highest BCUT2D eigenvalue weighted by Crippen LogP contribution is 2.36. The monoisotopic (exact) mass is 525 g/mol. The van der Waals surface area contributed by atoms with Gasteiger partial charge in [-0.3, -0.25) is 9.59 Å². The first kappa shape index (κ1) is 23.9. The van der Waals surface area contributed by atoms with Crippen LogP contribution in [0, 0.1) is 0 Å². The number of carbonyl (C=O) groups is 2. The molecule has 1 aromatic heterocycles. The Kier molecular flexibility index (Phi) is 7.62. The second-order valence-corrected chi connectivity index (χ2v) is 9.50. The van der Waals surface area contributed by atoms with Gasteiger partial charge in [0.15, 0.2) is 5.69 Å². The Labute approximate surface area is 207 Å². The zero-order chi connectivity index (χ0) is 24.1. The van der Waals surface area contributed by atoms with Gasteiger partial charge in [0.25, 0.3) is 5.91 Å². The summed E-state index contributed by atoms with van der Waals surface area (Å²) in [5.41, 5.74) is 2.33. The molecule has 34 heavy (non-hydrogen) atoms. The number of carbonyl (C=O) groups excluding carboxylic acids is 2. The number of nitrogens with zero attached hydrogens (tertiary/aromatic N) is 3. The quantitative estimate of drug-likeness (QED) is 0.450. The molecule has 9 heteroatoms. The molecule has 0 saturated heterocycles. The molecular formula is C25H28BrN5O3. The van der Waals surface area contributed by atoms with Crippen molar-refractivity contribution in [3.05, 3.63) is 76.0 Å². The van der Waals surface area contributed by atoms with Crippen molar-refractivity contribution in [2.45, 2.75) is 51.2 Å². The van der Waals surface area contributed by atoms with Crippen molar-refractivity contribution in [3.8, 4) is 5.75 Å². The molecule has 1 aliphatic rings. The van der Waals surface area contributed by atoms with Gasteiger partial charge in [-0.2, -0.15) is 0 Å². The minimum atomic E-state index is -0.251. The fourth-order valence-corrected chi connectivity index (χ4v) is 4.42. The second-order valence-electron chi connectivity index (χ2n) is 8.59. The molecule has 4 rings (SSSR count). The van der Waals surface area contributed by atoms with Gasteiger partial charge in [0.1, 0.15) is 5.75 Å². The van der Waals surface area contributed by atoms with Gasteiger partial charge in [-0.05, 0) is 56.0 Å². The summed E-state index contributed by atoms with van der Waals surface area (Å²) in [6, 6.07) is 15.3. The van der Waals surface area contributed by atoms with E-state index in [2.05, 4.69) is 36.9 Å². The smallest absolute Gasteiger partial charge is 0.273 e. The normalized spacial score (nSPS) is 17.2. The van der Waals surface area contributed by atoms with Crippen LogP contribution < -0.4 is 15.4 Å². The topological polar surface area (TPSA) is 98.1 Å². The molecule has 0 radical (unpaired) electrons. The number of aromatic nitrogens is 3. The maximum atomic E-state index is 12.8. The number of benzene rings is 2. The van der Waals surface area contributed by atoms with E-state index in [0.29, 0.717) is 18.7 Å². The number of amides is 2. The maximum absolute atomic E-state index is 12.8. The Morgan fingerprint density at radius 1 is 1.09 bits per heavy atom. The van der Waals surface area contributed by atoms with Gasteiger partial charge < -0.3 is 15.4 Å². The molecule has 2 N–H and O–H groups in total. The third-order valence-corrected chi connectivity index (χ3v) is 6.29.